The molecule has 90 valence electrons. The van der Waals surface area contributed by atoms with Crippen molar-refractivity contribution in [2.24, 2.45) is 0 Å². The number of fused-ring (bicyclic) bond motifs is 1. The fourth-order valence-corrected chi connectivity index (χ4v) is 2.37. The minimum atomic E-state index is 0.959. The molecule has 2 aromatic carbocycles. The topological polar surface area (TPSA) is 12.0 Å². The standard InChI is InChI=1S/C16H21N/c1-3-4-7-14-11-10-13-8-5-6-9-15(13)16(14)12-17-2/h5-6,8-11,17H,3-4,7,12H2,1-2H3. The SMILES string of the molecule is CCCCc1ccc2ccccc2c1CNC. The van der Waals surface area contributed by atoms with Crippen molar-refractivity contribution < 1.29 is 0 Å². The van der Waals surface area contributed by atoms with Crippen molar-refractivity contribution in [2.45, 2.75) is 32.7 Å². The van der Waals surface area contributed by atoms with Gasteiger partial charge in [-0.2, -0.15) is 0 Å². The molecule has 0 aliphatic heterocycles. The Labute approximate surface area is 104 Å². The Morgan fingerprint density at radius 2 is 1.88 bits per heavy atom. The smallest absolute Gasteiger partial charge is 0.0211 e. The second-order valence-corrected chi connectivity index (χ2v) is 4.56. The maximum atomic E-state index is 3.29. The predicted molar refractivity (Wildman–Crippen MR) is 75.3 cm³/mol. The van der Waals surface area contributed by atoms with Crippen LogP contribution in [0.4, 0.5) is 0 Å². The van der Waals surface area contributed by atoms with Crippen LogP contribution in [0.25, 0.3) is 10.8 Å². The molecule has 0 bridgehead atoms. The van der Waals surface area contributed by atoms with Gasteiger partial charge in [-0.05, 0) is 41.8 Å². The van der Waals surface area contributed by atoms with Crippen molar-refractivity contribution in [3.8, 4) is 0 Å². The molecule has 0 aliphatic carbocycles. The molecule has 0 saturated carbocycles. The van der Waals surface area contributed by atoms with Crippen molar-refractivity contribution in [3.05, 3.63) is 47.5 Å². The molecule has 2 aromatic rings. The number of nitrogens with one attached hydrogen (secondary N) is 1. The van der Waals surface area contributed by atoms with E-state index in [0.29, 0.717) is 0 Å². The molecule has 0 heterocycles. The first kappa shape index (κ1) is 12.1. The highest BCUT2D eigenvalue weighted by Crippen LogP contribution is 2.23. The van der Waals surface area contributed by atoms with Gasteiger partial charge >= 0.3 is 0 Å². The largest absolute Gasteiger partial charge is 0.316 e. The molecule has 0 spiro atoms. The molecule has 0 atom stereocenters. The van der Waals surface area contributed by atoms with Crippen LogP contribution in [-0.2, 0) is 13.0 Å². The maximum absolute atomic E-state index is 3.29. The van der Waals surface area contributed by atoms with E-state index in [1.54, 1.807) is 0 Å². The molecule has 17 heavy (non-hydrogen) atoms. The molecule has 1 nitrogen and oxygen atoms in total. The van der Waals surface area contributed by atoms with Gasteiger partial charge in [0.15, 0.2) is 0 Å². The van der Waals surface area contributed by atoms with Gasteiger partial charge in [-0.25, -0.2) is 0 Å². The van der Waals surface area contributed by atoms with E-state index >= 15 is 0 Å². The minimum Gasteiger partial charge on any atom is -0.316 e. The number of rotatable bonds is 5. The Hall–Kier alpha value is -1.34. The monoisotopic (exact) mass is 227 g/mol. The Morgan fingerprint density at radius 1 is 1.06 bits per heavy atom. The van der Waals surface area contributed by atoms with E-state index in [-0.39, 0.29) is 0 Å². The number of hydrogen-bond donors (Lipinski definition) is 1. The van der Waals surface area contributed by atoms with Gasteiger partial charge in [-0.1, -0.05) is 49.7 Å². The molecule has 1 heteroatoms. The lowest BCUT2D eigenvalue weighted by atomic mass is 9.95. The summed E-state index contributed by atoms with van der Waals surface area (Å²) in [6.07, 6.45) is 3.72. The first-order chi connectivity index (χ1) is 8.36. The summed E-state index contributed by atoms with van der Waals surface area (Å²) in [5, 5.41) is 6.04. The predicted octanol–water partition coefficient (Wildman–Crippen LogP) is 3.90. The summed E-state index contributed by atoms with van der Waals surface area (Å²) in [4.78, 5) is 0. The maximum Gasteiger partial charge on any atom is 0.0211 e. The Bertz CT molecular complexity index is 488. The van der Waals surface area contributed by atoms with Crippen LogP contribution in [-0.4, -0.2) is 7.05 Å². The fraction of sp³-hybridized carbons (Fsp3) is 0.375. The molecule has 1 N–H and O–H groups in total. The molecule has 2 rings (SSSR count). The zero-order valence-electron chi connectivity index (χ0n) is 10.8. The van der Waals surface area contributed by atoms with Gasteiger partial charge in [0.05, 0.1) is 0 Å². The Morgan fingerprint density at radius 3 is 2.65 bits per heavy atom. The molecule has 0 fully saturated rings. The van der Waals surface area contributed by atoms with Crippen LogP contribution in [0, 0.1) is 0 Å². The van der Waals surface area contributed by atoms with Gasteiger partial charge in [-0.3, -0.25) is 0 Å². The van der Waals surface area contributed by atoms with E-state index < -0.39 is 0 Å². The van der Waals surface area contributed by atoms with E-state index in [1.165, 1.54) is 41.2 Å². The molecule has 0 aliphatic rings. The second-order valence-electron chi connectivity index (χ2n) is 4.56. The van der Waals surface area contributed by atoms with Gasteiger partial charge < -0.3 is 5.32 Å². The van der Waals surface area contributed by atoms with E-state index in [0.717, 1.165) is 6.54 Å². The summed E-state index contributed by atoms with van der Waals surface area (Å²) in [6, 6.07) is 13.2. The van der Waals surface area contributed by atoms with Crippen LogP contribution in [0.1, 0.15) is 30.9 Å². The molecule has 0 amide bonds. The normalized spacial score (nSPS) is 10.9. The van der Waals surface area contributed by atoms with E-state index in [1.807, 2.05) is 7.05 Å². The average molecular weight is 227 g/mol. The lowest BCUT2D eigenvalue weighted by Gasteiger charge is -2.12. The van der Waals surface area contributed by atoms with E-state index in [9.17, 15) is 0 Å². The zero-order chi connectivity index (χ0) is 12.1. The van der Waals surface area contributed by atoms with Crippen molar-refractivity contribution in [1.29, 1.82) is 0 Å². The first-order valence-corrected chi connectivity index (χ1v) is 6.51. The number of unbranched alkanes of at least 4 members (excludes halogenated alkanes) is 1. The first-order valence-electron chi connectivity index (χ1n) is 6.51. The van der Waals surface area contributed by atoms with Gasteiger partial charge in [0.1, 0.15) is 0 Å². The summed E-state index contributed by atoms with van der Waals surface area (Å²) in [5.74, 6) is 0. The molecule has 0 unspecified atom stereocenters. The summed E-state index contributed by atoms with van der Waals surface area (Å²) in [5.41, 5.74) is 2.97. The minimum absolute atomic E-state index is 0.959. The summed E-state index contributed by atoms with van der Waals surface area (Å²) >= 11 is 0. The van der Waals surface area contributed by atoms with Crippen LogP contribution in [0.2, 0.25) is 0 Å². The van der Waals surface area contributed by atoms with Crippen LogP contribution in [0.15, 0.2) is 36.4 Å². The van der Waals surface area contributed by atoms with E-state index in [4.69, 9.17) is 0 Å². The highest BCUT2D eigenvalue weighted by Gasteiger charge is 2.06. The van der Waals surface area contributed by atoms with Crippen LogP contribution in [0.3, 0.4) is 0 Å². The quantitative estimate of drug-likeness (QED) is 0.816. The highest BCUT2D eigenvalue weighted by molar-refractivity contribution is 5.86. The fourth-order valence-electron chi connectivity index (χ4n) is 2.37. The Balaban J connectivity index is 2.47. The summed E-state index contributed by atoms with van der Waals surface area (Å²) in [6.45, 7) is 3.21. The van der Waals surface area contributed by atoms with Crippen molar-refractivity contribution in [1.82, 2.24) is 5.32 Å². The van der Waals surface area contributed by atoms with Gasteiger partial charge in [0.2, 0.25) is 0 Å². The third kappa shape index (κ3) is 2.67. The molecular weight excluding hydrogens is 206 g/mol. The third-order valence-electron chi connectivity index (χ3n) is 3.29. The molecule has 0 radical (unpaired) electrons. The van der Waals surface area contributed by atoms with Crippen LogP contribution >= 0.6 is 0 Å². The second kappa shape index (κ2) is 5.83. The Kier molecular flexibility index (Phi) is 4.16. The van der Waals surface area contributed by atoms with Crippen molar-refractivity contribution in [3.63, 3.8) is 0 Å². The number of hydrogen-bond acceptors (Lipinski definition) is 1. The van der Waals surface area contributed by atoms with E-state index in [2.05, 4.69) is 48.6 Å². The highest BCUT2D eigenvalue weighted by atomic mass is 14.8. The number of aryl methyl sites for hydroxylation is 1. The average Bonchev–Trinajstić information content (AvgIpc) is 2.38. The van der Waals surface area contributed by atoms with Crippen LogP contribution < -0.4 is 5.32 Å². The molecular formula is C16H21N. The van der Waals surface area contributed by atoms with Gasteiger partial charge in [0, 0.05) is 6.54 Å². The molecule has 0 aromatic heterocycles. The van der Waals surface area contributed by atoms with Crippen LogP contribution in [0.5, 0.6) is 0 Å². The lowest BCUT2D eigenvalue weighted by molar-refractivity contribution is 0.766. The lowest BCUT2D eigenvalue weighted by Crippen LogP contribution is -2.08. The van der Waals surface area contributed by atoms with Gasteiger partial charge in [0.25, 0.3) is 0 Å². The van der Waals surface area contributed by atoms with Crippen molar-refractivity contribution in [2.75, 3.05) is 7.05 Å². The number of benzene rings is 2. The molecule has 0 saturated heterocycles. The van der Waals surface area contributed by atoms with Crippen molar-refractivity contribution >= 4 is 10.8 Å². The summed E-state index contributed by atoms with van der Waals surface area (Å²) < 4.78 is 0. The summed E-state index contributed by atoms with van der Waals surface area (Å²) in [7, 11) is 2.02. The van der Waals surface area contributed by atoms with Gasteiger partial charge in [-0.15, -0.1) is 0 Å². The zero-order valence-corrected chi connectivity index (χ0v) is 10.8. The third-order valence-corrected chi connectivity index (χ3v) is 3.29.